The Labute approximate surface area is 136 Å². The number of nitrogens with zero attached hydrogens (tertiary/aromatic N) is 1. The summed E-state index contributed by atoms with van der Waals surface area (Å²) in [7, 11) is 0. The van der Waals surface area contributed by atoms with Gasteiger partial charge in [-0.25, -0.2) is 4.98 Å². The van der Waals surface area contributed by atoms with Crippen molar-refractivity contribution in [2.75, 3.05) is 17.6 Å². The Hall–Kier alpha value is -1.49. The van der Waals surface area contributed by atoms with E-state index in [-0.39, 0.29) is 0 Å². The first-order valence-electron chi connectivity index (χ1n) is 6.46. The van der Waals surface area contributed by atoms with Gasteiger partial charge in [-0.3, -0.25) is 0 Å². The second-order valence-corrected chi connectivity index (χ2v) is 6.53. The average molecular weight is 338 g/mol. The van der Waals surface area contributed by atoms with Crippen LogP contribution in [0, 0.1) is 0 Å². The van der Waals surface area contributed by atoms with E-state index >= 15 is 0 Å². The molecule has 0 fully saturated rings. The van der Waals surface area contributed by atoms with Crippen molar-refractivity contribution < 1.29 is 0 Å². The number of nitrogens with one attached hydrogen (secondary N) is 1. The van der Waals surface area contributed by atoms with Gasteiger partial charge in [0.25, 0.3) is 0 Å². The summed E-state index contributed by atoms with van der Waals surface area (Å²) in [5, 5.41) is 5.56. The van der Waals surface area contributed by atoms with Crippen molar-refractivity contribution in [3.05, 3.63) is 52.0 Å². The molecule has 3 rings (SSSR count). The van der Waals surface area contributed by atoms with Gasteiger partial charge in [-0.05, 0) is 42.3 Å². The highest BCUT2D eigenvalue weighted by Gasteiger charge is 2.05. The van der Waals surface area contributed by atoms with Crippen LogP contribution in [0.4, 0.5) is 10.8 Å². The van der Waals surface area contributed by atoms with Gasteiger partial charge in [0.2, 0.25) is 0 Å². The molecule has 0 radical (unpaired) electrons. The van der Waals surface area contributed by atoms with Gasteiger partial charge in [-0.15, -0.1) is 0 Å². The summed E-state index contributed by atoms with van der Waals surface area (Å²) in [6, 6.07) is 11.3. The maximum absolute atomic E-state index is 6.15. The summed E-state index contributed by atoms with van der Waals surface area (Å²) in [6.07, 6.45) is 0.814. The highest BCUT2D eigenvalue weighted by Crippen LogP contribution is 2.27. The van der Waals surface area contributed by atoms with Gasteiger partial charge in [-0.1, -0.05) is 40.6 Å². The Morgan fingerprint density at radius 1 is 1.14 bits per heavy atom. The van der Waals surface area contributed by atoms with E-state index in [1.807, 2.05) is 30.3 Å². The summed E-state index contributed by atoms with van der Waals surface area (Å²) in [4.78, 5) is 4.52. The second-order valence-electron chi connectivity index (χ2n) is 4.66. The van der Waals surface area contributed by atoms with Gasteiger partial charge in [0, 0.05) is 22.3 Å². The summed E-state index contributed by atoms with van der Waals surface area (Å²) < 4.78 is 1.09. The Bertz CT molecular complexity index is 786. The number of fused-ring (bicyclic) bond motifs is 1. The van der Waals surface area contributed by atoms with Crippen molar-refractivity contribution in [3.8, 4) is 0 Å². The maximum Gasteiger partial charge on any atom is 0.183 e. The smallest absolute Gasteiger partial charge is 0.183 e. The molecule has 2 aromatic carbocycles. The highest BCUT2D eigenvalue weighted by molar-refractivity contribution is 7.22. The van der Waals surface area contributed by atoms with Crippen LogP contribution in [0.5, 0.6) is 0 Å². The molecule has 6 heteroatoms. The number of halogens is 2. The van der Waals surface area contributed by atoms with Crippen LogP contribution in [-0.4, -0.2) is 11.5 Å². The number of benzene rings is 2. The first kappa shape index (κ1) is 14.4. The van der Waals surface area contributed by atoms with E-state index in [4.69, 9.17) is 28.9 Å². The fourth-order valence-corrected chi connectivity index (χ4v) is 3.49. The van der Waals surface area contributed by atoms with E-state index in [9.17, 15) is 0 Å². The molecule has 0 amide bonds. The predicted molar refractivity (Wildman–Crippen MR) is 92.7 cm³/mol. The van der Waals surface area contributed by atoms with E-state index in [2.05, 4.69) is 10.3 Å². The largest absolute Gasteiger partial charge is 0.399 e. The minimum absolute atomic E-state index is 0.653. The van der Waals surface area contributed by atoms with Crippen molar-refractivity contribution in [1.29, 1.82) is 0 Å². The Kier molecular flexibility index (Phi) is 4.19. The molecule has 0 unspecified atom stereocenters. The highest BCUT2D eigenvalue weighted by atomic mass is 35.5. The van der Waals surface area contributed by atoms with Gasteiger partial charge < -0.3 is 11.1 Å². The van der Waals surface area contributed by atoms with Crippen LogP contribution in [0.15, 0.2) is 36.4 Å². The second kappa shape index (κ2) is 6.10. The molecular formula is C15H13Cl2N3S. The molecule has 0 atom stereocenters. The van der Waals surface area contributed by atoms with Gasteiger partial charge in [0.1, 0.15) is 0 Å². The Balaban J connectivity index is 1.66. The molecule has 0 aliphatic carbocycles. The first-order chi connectivity index (χ1) is 10.1. The zero-order valence-corrected chi connectivity index (χ0v) is 13.4. The molecule has 1 heterocycles. The average Bonchev–Trinajstić information content (AvgIpc) is 2.83. The summed E-state index contributed by atoms with van der Waals surface area (Å²) in [6.45, 7) is 0.761. The lowest BCUT2D eigenvalue weighted by Gasteiger charge is -2.05. The molecule has 0 saturated heterocycles. The zero-order valence-electron chi connectivity index (χ0n) is 11.1. The first-order valence-corrected chi connectivity index (χ1v) is 8.03. The van der Waals surface area contributed by atoms with Gasteiger partial charge >= 0.3 is 0 Å². The normalized spacial score (nSPS) is 11.0. The lowest BCUT2D eigenvalue weighted by Crippen LogP contribution is -2.04. The van der Waals surface area contributed by atoms with E-state index in [1.165, 1.54) is 0 Å². The number of nitrogen functional groups attached to an aromatic ring is 1. The third-order valence-corrected chi connectivity index (χ3v) is 4.66. The summed E-state index contributed by atoms with van der Waals surface area (Å²) in [5.41, 5.74) is 8.55. The zero-order chi connectivity index (χ0) is 14.8. The van der Waals surface area contributed by atoms with Gasteiger partial charge in [-0.2, -0.15) is 0 Å². The molecule has 0 aliphatic rings. The quantitative estimate of drug-likeness (QED) is 0.669. The Morgan fingerprint density at radius 2 is 2.00 bits per heavy atom. The van der Waals surface area contributed by atoms with Crippen molar-refractivity contribution >= 4 is 55.6 Å². The van der Waals surface area contributed by atoms with E-state index in [0.717, 1.165) is 39.6 Å². The van der Waals surface area contributed by atoms with E-state index in [0.29, 0.717) is 10.0 Å². The number of anilines is 2. The fourth-order valence-electron chi connectivity index (χ4n) is 2.05. The molecule has 3 N–H and O–H groups in total. The van der Waals surface area contributed by atoms with Crippen LogP contribution in [0.3, 0.4) is 0 Å². The van der Waals surface area contributed by atoms with Crippen molar-refractivity contribution in [2.24, 2.45) is 0 Å². The minimum atomic E-state index is 0.653. The maximum atomic E-state index is 6.15. The molecule has 0 aliphatic heterocycles. The standard InChI is InChI=1S/C15H13Cl2N3S/c16-10-2-1-9(12(17)7-10)5-6-19-15-20-13-4-3-11(18)8-14(13)21-15/h1-4,7-8H,5-6,18H2,(H,19,20). The van der Waals surface area contributed by atoms with Crippen molar-refractivity contribution in [3.63, 3.8) is 0 Å². The Morgan fingerprint density at radius 3 is 2.81 bits per heavy atom. The van der Waals surface area contributed by atoms with Crippen LogP contribution in [0.1, 0.15) is 5.56 Å². The molecule has 3 nitrogen and oxygen atoms in total. The number of rotatable bonds is 4. The lowest BCUT2D eigenvalue weighted by molar-refractivity contribution is 1.02. The summed E-state index contributed by atoms with van der Waals surface area (Å²) >= 11 is 13.6. The van der Waals surface area contributed by atoms with Crippen LogP contribution in [-0.2, 0) is 6.42 Å². The molecule has 108 valence electrons. The van der Waals surface area contributed by atoms with Crippen molar-refractivity contribution in [2.45, 2.75) is 6.42 Å². The van der Waals surface area contributed by atoms with Crippen molar-refractivity contribution in [1.82, 2.24) is 4.98 Å². The van der Waals surface area contributed by atoms with Gasteiger partial charge in [0.15, 0.2) is 5.13 Å². The molecule has 1 aromatic heterocycles. The SMILES string of the molecule is Nc1ccc2nc(NCCc3ccc(Cl)cc3Cl)sc2c1. The van der Waals surface area contributed by atoms with E-state index < -0.39 is 0 Å². The molecular weight excluding hydrogens is 325 g/mol. The van der Waals surface area contributed by atoms with Crippen LogP contribution >= 0.6 is 34.5 Å². The monoisotopic (exact) mass is 337 g/mol. The topological polar surface area (TPSA) is 50.9 Å². The molecule has 0 spiro atoms. The lowest BCUT2D eigenvalue weighted by atomic mass is 10.1. The van der Waals surface area contributed by atoms with Crippen LogP contribution < -0.4 is 11.1 Å². The van der Waals surface area contributed by atoms with E-state index in [1.54, 1.807) is 17.4 Å². The number of aromatic nitrogens is 1. The third kappa shape index (κ3) is 3.40. The number of hydrogen-bond acceptors (Lipinski definition) is 4. The predicted octanol–water partition coefficient (Wildman–Crippen LogP) is 4.84. The summed E-state index contributed by atoms with van der Waals surface area (Å²) in [5.74, 6) is 0. The molecule has 3 aromatic rings. The number of nitrogens with two attached hydrogens (primary N) is 1. The number of hydrogen-bond donors (Lipinski definition) is 2. The number of thiazole rings is 1. The molecule has 21 heavy (non-hydrogen) atoms. The van der Waals surface area contributed by atoms with Crippen LogP contribution in [0.2, 0.25) is 10.0 Å². The van der Waals surface area contributed by atoms with Crippen LogP contribution in [0.25, 0.3) is 10.2 Å². The molecule has 0 saturated carbocycles. The third-order valence-electron chi connectivity index (χ3n) is 3.10. The minimum Gasteiger partial charge on any atom is -0.399 e. The molecule has 0 bridgehead atoms. The fraction of sp³-hybridized carbons (Fsp3) is 0.133. The van der Waals surface area contributed by atoms with Gasteiger partial charge in [0.05, 0.1) is 10.2 Å².